The number of ether oxygens (including phenoxy) is 1. The van der Waals surface area contributed by atoms with Gasteiger partial charge in [-0.05, 0) is 43.4 Å². The van der Waals surface area contributed by atoms with E-state index in [-0.39, 0.29) is 17.7 Å². The van der Waals surface area contributed by atoms with E-state index >= 15 is 0 Å². The quantitative estimate of drug-likeness (QED) is 0.588. The van der Waals surface area contributed by atoms with Crippen LogP contribution in [0.2, 0.25) is 0 Å². The van der Waals surface area contributed by atoms with Crippen LogP contribution in [0.1, 0.15) is 37.2 Å². The van der Waals surface area contributed by atoms with Gasteiger partial charge in [-0.25, -0.2) is 0 Å². The van der Waals surface area contributed by atoms with E-state index in [1.165, 1.54) is 19.1 Å². The van der Waals surface area contributed by atoms with Crippen molar-refractivity contribution in [3.8, 4) is 5.75 Å². The van der Waals surface area contributed by atoms with Crippen LogP contribution in [-0.2, 0) is 0 Å². The van der Waals surface area contributed by atoms with Gasteiger partial charge >= 0.3 is 0 Å². The highest BCUT2D eigenvalue weighted by Gasteiger charge is 2.31. The van der Waals surface area contributed by atoms with Gasteiger partial charge in [0.05, 0.1) is 17.7 Å². The molecular weight excluding hydrogens is 276 g/mol. The molecule has 2 unspecified atom stereocenters. The minimum Gasteiger partial charge on any atom is -0.490 e. The van der Waals surface area contributed by atoms with Gasteiger partial charge in [-0.15, -0.1) is 0 Å². The molecule has 1 fully saturated rings. The highest BCUT2D eigenvalue weighted by Crippen LogP contribution is 2.30. The molecule has 3 rings (SSSR count). The second-order valence-corrected chi connectivity index (χ2v) is 6.08. The third kappa shape index (κ3) is 3.03. The second-order valence-electron chi connectivity index (χ2n) is 6.08. The molecule has 0 saturated heterocycles. The Labute approximate surface area is 130 Å². The molecule has 1 saturated carbocycles. The number of hydrogen-bond acceptors (Lipinski definition) is 4. The van der Waals surface area contributed by atoms with Crippen LogP contribution in [0.5, 0.6) is 5.75 Å². The Morgan fingerprint density at radius 2 is 1.86 bits per heavy atom. The highest BCUT2D eigenvalue weighted by atomic mass is 16.5. The summed E-state index contributed by atoms with van der Waals surface area (Å²) in [6, 6.07) is 7.98. The van der Waals surface area contributed by atoms with Crippen molar-refractivity contribution in [1.29, 1.82) is 10.8 Å². The van der Waals surface area contributed by atoms with Crippen molar-refractivity contribution in [2.24, 2.45) is 16.6 Å². The molecule has 0 radical (unpaired) electrons. The summed E-state index contributed by atoms with van der Waals surface area (Å²) in [5.41, 5.74) is 7.05. The summed E-state index contributed by atoms with van der Waals surface area (Å²) in [5.74, 6) is 0.520. The van der Waals surface area contributed by atoms with E-state index in [4.69, 9.17) is 21.3 Å². The maximum atomic E-state index is 7.95. The van der Waals surface area contributed by atoms with Crippen molar-refractivity contribution < 1.29 is 4.74 Å². The molecule has 5 nitrogen and oxygen atoms in total. The summed E-state index contributed by atoms with van der Waals surface area (Å²) >= 11 is 0. The first-order valence-electron chi connectivity index (χ1n) is 7.84. The molecule has 0 bridgehead atoms. The Hall–Kier alpha value is -2.17. The first kappa shape index (κ1) is 14.8. The molecule has 5 heteroatoms. The molecule has 0 spiro atoms. The van der Waals surface area contributed by atoms with Gasteiger partial charge in [0, 0.05) is 18.7 Å². The van der Waals surface area contributed by atoms with Gasteiger partial charge in [-0.2, -0.15) is 0 Å². The standard InChI is InChI=1S/C17H22N4O/c18-15-10-21-9-14(16(15)17(19)20)11-5-7-13(8-6-11)22-12-3-1-2-4-12/h5-8,10,12,14,16,18H,1-4,9H2,(H3,19,20). The molecule has 1 aliphatic carbocycles. The monoisotopic (exact) mass is 298 g/mol. The molecule has 0 amide bonds. The van der Waals surface area contributed by atoms with Crippen molar-refractivity contribution in [2.45, 2.75) is 37.7 Å². The smallest absolute Gasteiger partial charge is 0.119 e. The zero-order valence-corrected chi connectivity index (χ0v) is 12.6. The van der Waals surface area contributed by atoms with Gasteiger partial charge in [0.15, 0.2) is 0 Å². The minimum absolute atomic E-state index is 0.0319. The fourth-order valence-electron chi connectivity index (χ4n) is 3.34. The van der Waals surface area contributed by atoms with Crippen LogP contribution in [0.3, 0.4) is 0 Å². The molecule has 2 aliphatic rings. The zero-order chi connectivity index (χ0) is 15.5. The maximum Gasteiger partial charge on any atom is 0.119 e. The summed E-state index contributed by atoms with van der Waals surface area (Å²) in [5, 5.41) is 15.7. The first-order valence-corrected chi connectivity index (χ1v) is 7.84. The van der Waals surface area contributed by atoms with Crippen LogP contribution in [-0.4, -0.2) is 30.4 Å². The number of rotatable bonds is 4. The van der Waals surface area contributed by atoms with Crippen LogP contribution in [0.4, 0.5) is 0 Å². The predicted molar refractivity (Wildman–Crippen MR) is 88.6 cm³/mol. The Balaban J connectivity index is 1.75. The minimum atomic E-state index is -0.376. The fraction of sp³-hybridized carbons (Fsp3) is 0.471. The Morgan fingerprint density at radius 1 is 1.18 bits per heavy atom. The van der Waals surface area contributed by atoms with E-state index in [9.17, 15) is 0 Å². The summed E-state index contributed by atoms with van der Waals surface area (Å²) in [6.45, 7) is 0.565. The maximum absolute atomic E-state index is 7.95. The summed E-state index contributed by atoms with van der Waals surface area (Å²) in [6.07, 6.45) is 6.66. The molecule has 2 atom stereocenters. The molecule has 1 aromatic carbocycles. The number of nitrogens with zero attached hydrogens (tertiary/aromatic N) is 1. The lowest BCUT2D eigenvalue weighted by Gasteiger charge is -2.28. The van der Waals surface area contributed by atoms with Gasteiger partial charge in [0.25, 0.3) is 0 Å². The van der Waals surface area contributed by atoms with Gasteiger partial charge in [-0.3, -0.25) is 10.4 Å². The Kier molecular flexibility index (Phi) is 4.22. The van der Waals surface area contributed by atoms with Gasteiger partial charge in [-0.1, -0.05) is 12.1 Å². The van der Waals surface area contributed by atoms with Gasteiger partial charge in [0.2, 0.25) is 0 Å². The number of nitrogens with one attached hydrogen (secondary N) is 2. The Morgan fingerprint density at radius 3 is 2.50 bits per heavy atom. The lowest BCUT2D eigenvalue weighted by molar-refractivity contribution is 0.210. The fourth-order valence-corrected chi connectivity index (χ4v) is 3.34. The van der Waals surface area contributed by atoms with Crippen molar-refractivity contribution in [2.75, 3.05) is 6.54 Å². The Bertz CT molecular complexity index is 587. The van der Waals surface area contributed by atoms with E-state index in [2.05, 4.69) is 4.99 Å². The number of aliphatic imine (C=N–C) groups is 1. The highest BCUT2D eigenvalue weighted by molar-refractivity contribution is 6.35. The predicted octanol–water partition coefficient (Wildman–Crippen LogP) is 2.75. The third-order valence-electron chi connectivity index (χ3n) is 4.52. The number of hydrogen-bond donors (Lipinski definition) is 3. The summed E-state index contributed by atoms with van der Waals surface area (Å²) in [4.78, 5) is 4.22. The van der Waals surface area contributed by atoms with Gasteiger partial charge in [0.1, 0.15) is 11.6 Å². The molecule has 1 heterocycles. The van der Waals surface area contributed by atoms with E-state index in [0.29, 0.717) is 18.4 Å². The molecular formula is C17H22N4O. The van der Waals surface area contributed by atoms with E-state index in [1.807, 2.05) is 24.3 Å². The SMILES string of the molecule is N=C(N)C1C(=N)C=NCC1c1ccc(OC2CCCC2)cc1. The summed E-state index contributed by atoms with van der Waals surface area (Å²) in [7, 11) is 0. The second kappa shape index (κ2) is 6.30. The van der Waals surface area contributed by atoms with Crippen LogP contribution in [0, 0.1) is 16.7 Å². The molecule has 4 N–H and O–H groups in total. The molecule has 1 aliphatic heterocycles. The normalized spacial score (nSPS) is 25.4. The number of nitrogens with two attached hydrogens (primary N) is 1. The molecule has 0 aromatic heterocycles. The topological polar surface area (TPSA) is 95.3 Å². The number of benzene rings is 1. The third-order valence-corrected chi connectivity index (χ3v) is 4.52. The van der Waals surface area contributed by atoms with Crippen molar-refractivity contribution >= 4 is 17.8 Å². The van der Waals surface area contributed by atoms with E-state index < -0.39 is 0 Å². The summed E-state index contributed by atoms with van der Waals surface area (Å²) < 4.78 is 5.97. The van der Waals surface area contributed by atoms with E-state index in [0.717, 1.165) is 24.2 Å². The lowest BCUT2D eigenvalue weighted by Crippen LogP contribution is -2.38. The van der Waals surface area contributed by atoms with Crippen LogP contribution >= 0.6 is 0 Å². The van der Waals surface area contributed by atoms with Crippen molar-refractivity contribution in [3.63, 3.8) is 0 Å². The largest absolute Gasteiger partial charge is 0.490 e. The van der Waals surface area contributed by atoms with Crippen LogP contribution in [0.25, 0.3) is 0 Å². The zero-order valence-electron chi connectivity index (χ0n) is 12.6. The van der Waals surface area contributed by atoms with Gasteiger partial charge < -0.3 is 15.9 Å². The average Bonchev–Trinajstić information content (AvgIpc) is 3.00. The van der Waals surface area contributed by atoms with E-state index in [1.54, 1.807) is 0 Å². The average molecular weight is 298 g/mol. The first-order chi connectivity index (χ1) is 10.6. The van der Waals surface area contributed by atoms with Crippen LogP contribution in [0.15, 0.2) is 29.3 Å². The van der Waals surface area contributed by atoms with Crippen molar-refractivity contribution in [3.05, 3.63) is 29.8 Å². The van der Waals surface area contributed by atoms with Crippen molar-refractivity contribution in [1.82, 2.24) is 0 Å². The van der Waals surface area contributed by atoms with Crippen LogP contribution < -0.4 is 10.5 Å². The number of amidine groups is 1. The molecule has 1 aromatic rings. The lowest BCUT2D eigenvalue weighted by atomic mass is 9.81. The molecule has 22 heavy (non-hydrogen) atoms. The molecule has 116 valence electrons.